The number of pyridine rings is 1. The van der Waals surface area contributed by atoms with Gasteiger partial charge in [0.05, 0.1) is 24.1 Å². The number of fused-ring (bicyclic) bond motifs is 2. The molecule has 7 nitrogen and oxygen atoms in total. The Balaban J connectivity index is 1.59. The molecule has 138 valence electrons. The average Bonchev–Trinajstić information content (AvgIpc) is 3.24. The second-order valence-corrected chi connectivity index (χ2v) is 7.36. The van der Waals surface area contributed by atoms with Gasteiger partial charge in [0.15, 0.2) is 5.65 Å². The van der Waals surface area contributed by atoms with E-state index in [1.165, 1.54) is 5.56 Å². The van der Waals surface area contributed by atoms with Crippen molar-refractivity contribution in [3.63, 3.8) is 0 Å². The normalized spacial score (nSPS) is 20.6. The molecule has 4 aromatic heterocycles. The number of aromatic amines is 1. The Morgan fingerprint density at radius 3 is 2.74 bits per heavy atom. The van der Waals surface area contributed by atoms with Crippen molar-refractivity contribution in [3.8, 4) is 11.3 Å². The van der Waals surface area contributed by atoms with Gasteiger partial charge < -0.3 is 14.6 Å². The number of nitrogens with zero attached hydrogens (tertiary/aromatic N) is 5. The van der Waals surface area contributed by atoms with Gasteiger partial charge in [0, 0.05) is 36.4 Å². The molecule has 0 unspecified atom stereocenters. The van der Waals surface area contributed by atoms with E-state index in [1.807, 2.05) is 35.2 Å². The average molecular weight is 362 g/mol. The first kappa shape index (κ1) is 16.3. The minimum atomic E-state index is 0.191. The van der Waals surface area contributed by atoms with Gasteiger partial charge in [-0.3, -0.25) is 0 Å². The second kappa shape index (κ2) is 6.06. The van der Waals surface area contributed by atoms with Crippen LogP contribution in [-0.4, -0.2) is 49.9 Å². The largest absolute Gasteiger partial charge is 0.372 e. The first-order valence-corrected chi connectivity index (χ1v) is 9.28. The highest BCUT2D eigenvalue weighted by Crippen LogP contribution is 2.26. The number of rotatable bonds is 2. The summed E-state index contributed by atoms with van der Waals surface area (Å²) in [5.41, 5.74) is 4.85. The van der Waals surface area contributed by atoms with Crippen molar-refractivity contribution >= 4 is 22.5 Å². The maximum Gasteiger partial charge on any atom is 0.154 e. The minimum Gasteiger partial charge on any atom is -0.372 e. The Labute approximate surface area is 157 Å². The summed E-state index contributed by atoms with van der Waals surface area (Å²) in [7, 11) is 0. The summed E-state index contributed by atoms with van der Waals surface area (Å²) in [6.07, 6.45) is 6.09. The number of imidazole rings is 1. The summed E-state index contributed by atoms with van der Waals surface area (Å²) in [6, 6.07) is 6.20. The molecule has 0 aromatic carbocycles. The zero-order valence-electron chi connectivity index (χ0n) is 15.7. The third-order valence-electron chi connectivity index (χ3n) is 5.13. The molecular weight excluding hydrogens is 340 g/mol. The van der Waals surface area contributed by atoms with Gasteiger partial charge in [-0.05, 0) is 44.5 Å². The van der Waals surface area contributed by atoms with Crippen molar-refractivity contribution in [2.24, 2.45) is 0 Å². The number of hydrogen-bond donors (Lipinski definition) is 1. The number of aryl methyl sites for hydroxylation is 1. The summed E-state index contributed by atoms with van der Waals surface area (Å²) < 4.78 is 7.76. The molecule has 5 heterocycles. The van der Waals surface area contributed by atoms with Gasteiger partial charge in [0.2, 0.25) is 0 Å². The van der Waals surface area contributed by atoms with Crippen LogP contribution in [0.15, 0.2) is 36.8 Å². The molecule has 1 saturated heterocycles. The number of aromatic nitrogens is 5. The predicted molar refractivity (Wildman–Crippen MR) is 105 cm³/mol. The predicted octanol–water partition coefficient (Wildman–Crippen LogP) is 3.19. The second-order valence-electron chi connectivity index (χ2n) is 7.36. The lowest BCUT2D eigenvalue weighted by Gasteiger charge is -2.35. The highest BCUT2D eigenvalue weighted by atomic mass is 16.5. The fourth-order valence-electron chi connectivity index (χ4n) is 3.87. The fraction of sp³-hybridized carbons (Fsp3) is 0.350. The monoisotopic (exact) mass is 362 g/mol. The summed E-state index contributed by atoms with van der Waals surface area (Å²) >= 11 is 0. The summed E-state index contributed by atoms with van der Waals surface area (Å²) in [6.45, 7) is 7.95. The van der Waals surface area contributed by atoms with Crippen LogP contribution in [0.5, 0.6) is 0 Å². The standard InChI is InChI=1S/C20H22N6O/c1-12-7-22-20-16(12)6-15(8-23-20)17-9-21-18-4-5-19(24-26(17)18)25-10-13(2)27-14(3)11-25/h4-9,13-14H,10-11H2,1-3H3,(H,22,23)/t13-,14+. The van der Waals surface area contributed by atoms with Crippen molar-refractivity contribution in [1.29, 1.82) is 0 Å². The van der Waals surface area contributed by atoms with Crippen LogP contribution >= 0.6 is 0 Å². The van der Waals surface area contributed by atoms with E-state index in [4.69, 9.17) is 9.84 Å². The Morgan fingerprint density at radius 1 is 1.11 bits per heavy atom. The molecule has 7 heteroatoms. The number of nitrogens with one attached hydrogen (secondary N) is 1. The Bertz CT molecular complexity index is 1120. The molecule has 0 amide bonds. The lowest BCUT2D eigenvalue weighted by molar-refractivity contribution is -0.00551. The summed E-state index contributed by atoms with van der Waals surface area (Å²) in [5.74, 6) is 0.940. The van der Waals surface area contributed by atoms with E-state index in [-0.39, 0.29) is 12.2 Å². The third-order valence-corrected chi connectivity index (χ3v) is 5.13. The van der Waals surface area contributed by atoms with Gasteiger partial charge in [-0.2, -0.15) is 0 Å². The van der Waals surface area contributed by atoms with Gasteiger partial charge >= 0.3 is 0 Å². The number of morpholine rings is 1. The maximum absolute atomic E-state index is 5.85. The van der Waals surface area contributed by atoms with Crippen LogP contribution in [0.3, 0.4) is 0 Å². The van der Waals surface area contributed by atoms with Crippen molar-refractivity contribution in [1.82, 2.24) is 24.6 Å². The molecule has 0 saturated carbocycles. The number of H-pyrrole nitrogens is 1. The molecule has 2 atom stereocenters. The van der Waals surface area contributed by atoms with E-state index < -0.39 is 0 Å². The SMILES string of the molecule is Cc1c[nH]c2ncc(-c3cnc4ccc(N5C[C@@H](C)O[C@@H](C)C5)nn34)cc12. The molecule has 27 heavy (non-hydrogen) atoms. The Morgan fingerprint density at radius 2 is 1.93 bits per heavy atom. The van der Waals surface area contributed by atoms with Gasteiger partial charge in [-0.1, -0.05) is 0 Å². The smallest absolute Gasteiger partial charge is 0.154 e. The van der Waals surface area contributed by atoms with Gasteiger partial charge in [0.25, 0.3) is 0 Å². The molecule has 1 fully saturated rings. The van der Waals surface area contributed by atoms with Crippen LogP contribution in [0.2, 0.25) is 0 Å². The topological polar surface area (TPSA) is 71.3 Å². The molecule has 0 bridgehead atoms. The van der Waals surface area contributed by atoms with E-state index >= 15 is 0 Å². The van der Waals surface area contributed by atoms with Crippen molar-refractivity contribution in [2.45, 2.75) is 33.0 Å². The molecule has 0 aliphatic carbocycles. The Hall–Kier alpha value is -2.93. The lowest BCUT2D eigenvalue weighted by Crippen LogP contribution is -2.46. The molecular formula is C20H22N6O. The fourth-order valence-corrected chi connectivity index (χ4v) is 3.87. The van der Waals surface area contributed by atoms with Crippen LogP contribution in [-0.2, 0) is 4.74 Å². The van der Waals surface area contributed by atoms with Crippen molar-refractivity contribution in [2.75, 3.05) is 18.0 Å². The number of ether oxygens (including phenoxy) is 1. The van der Waals surface area contributed by atoms with E-state index in [0.29, 0.717) is 0 Å². The van der Waals surface area contributed by atoms with Crippen LogP contribution in [0.4, 0.5) is 5.82 Å². The molecule has 5 rings (SSSR count). The van der Waals surface area contributed by atoms with E-state index in [0.717, 1.165) is 46.8 Å². The number of anilines is 1. The zero-order chi connectivity index (χ0) is 18.5. The van der Waals surface area contributed by atoms with Gasteiger partial charge in [-0.15, -0.1) is 5.10 Å². The molecule has 4 aromatic rings. The van der Waals surface area contributed by atoms with Crippen molar-refractivity contribution in [3.05, 3.63) is 42.4 Å². The first-order valence-electron chi connectivity index (χ1n) is 9.28. The van der Waals surface area contributed by atoms with E-state index in [2.05, 4.69) is 46.7 Å². The highest BCUT2D eigenvalue weighted by Gasteiger charge is 2.23. The maximum atomic E-state index is 5.85. The lowest BCUT2D eigenvalue weighted by atomic mass is 10.1. The zero-order valence-corrected chi connectivity index (χ0v) is 15.7. The van der Waals surface area contributed by atoms with Gasteiger partial charge in [-0.25, -0.2) is 14.5 Å². The molecule has 1 aliphatic heterocycles. The van der Waals surface area contributed by atoms with Gasteiger partial charge in [0.1, 0.15) is 11.5 Å². The summed E-state index contributed by atoms with van der Waals surface area (Å²) in [4.78, 5) is 14.5. The highest BCUT2D eigenvalue weighted by molar-refractivity contribution is 5.84. The van der Waals surface area contributed by atoms with Crippen LogP contribution in [0, 0.1) is 6.92 Å². The van der Waals surface area contributed by atoms with E-state index in [9.17, 15) is 0 Å². The molecule has 0 radical (unpaired) electrons. The van der Waals surface area contributed by atoms with Crippen molar-refractivity contribution < 1.29 is 4.74 Å². The summed E-state index contributed by atoms with van der Waals surface area (Å²) in [5, 5.41) is 6.00. The molecule has 0 spiro atoms. The van der Waals surface area contributed by atoms with E-state index in [1.54, 1.807) is 0 Å². The number of hydrogen-bond acceptors (Lipinski definition) is 5. The molecule has 1 aliphatic rings. The Kier molecular flexibility index (Phi) is 3.65. The van der Waals surface area contributed by atoms with Crippen LogP contribution in [0.1, 0.15) is 19.4 Å². The third kappa shape index (κ3) is 2.75. The molecule has 1 N–H and O–H groups in total. The van der Waals surface area contributed by atoms with Crippen LogP contribution < -0.4 is 4.90 Å². The minimum absolute atomic E-state index is 0.191. The van der Waals surface area contributed by atoms with Crippen LogP contribution in [0.25, 0.3) is 27.9 Å². The first-order chi connectivity index (χ1) is 13.1. The quantitative estimate of drug-likeness (QED) is 0.593.